The first-order valence-electron chi connectivity index (χ1n) is 10.6. The zero-order valence-corrected chi connectivity index (χ0v) is 19.0. The summed E-state index contributed by atoms with van der Waals surface area (Å²) in [5.41, 5.74) is 1.34. The molecular weight excluding hydrogens is 412 g/mol. The van der Waals surface area contributed by atoms with E-state index in [1.165, 1.54) is 0 Å². The summed E-state index contributed by atoms with van der Waals surface area (Å²) < 4.78 is 5.01. The lowest BCUT2D eigenvalue weighted by atomic mass is 10.2. The number of pyridine rings is 1. The number of esters is 1. The first-order valence-corrected chi connectivity index (χ1v) is 11.9. The van der Waals surface area contributed by atoms with Gasteiger partial charge in [0.25, 0.3) is 0 Å². The van der Waals surface area contributed by atoms with E-state index >= 15 is 0 Å². The topological polar surface area (TPSA) is 74.8 Å². The minimum absolute atomic E-state index is 0.0406. The second kappa shape index (κ2) is 11.7. The van der Waals surface area contributed by atoms with Crippen LogP contribution in [0.25, 0.3) is 0 Å². The molecule has 1 N–H and O–H groups in total. The molecule has 2 aromatic rings. The number of nitrogens with zero attached hydrogens (tertiary/aromatic N) is 3. The molecule has 0 atom stereocenters. The number of carbonyl (C=O) groups is 2. The van der Waals surface area contributed by atoms with E-state index < -0.39 is 0 Å². The van der Waals surface area contributed by atoms with E-state index in [-0.39, 0.29) is 11.9 Å². The first-order chi connectivity index (χ1) is 15.1. The van der Waals surface area contributed by atoms with Crippen molar-refractivity contribution in [2.24, 2.45) is 0 Å². The monoisotopic (exact) mass is 442 g/mol. The minimum Gasteiger partial charge on any atom is -0.462 e. The van der Waals surface area contributed by atoms with Crippen molar-refractivity contribution in [1.29, 1.82) is 0 Å². The molecule has 7 nitrogen and oxygen atoms in total. The Hall–Kier alpha value is -2.58. The lowest BCUT2D eigenvalue weighted by molar-refractivity contribution is -0.116. The maximum absolute atomic E-state index is 12.4. The Bertz CT molecular complexity index is 875. The molecule has 2 heterocycles. The van der Waals surface area contributed by atoms with Gasteiger partial charge < -0.3 is 19.9 Å². The van der Waals surface area contributed by atoms with Crippen molar-refractivity contribution in [3.05, 3.63) is 48.2 Å². The van der Waals surface area contributed by atoms with Gasteiger partial charge in [0.15, 0.2) is 0 Å². The SMILES string of the molecule is CCOC(=O)c1ccc(N2CCCN(CCC(=O)Nc3ccccc3SC)CC2)nc1. The average molecular weight is 443 g/mol. The van der Waals surface area contributed by atoms with E-state index in [1.54, 1.807) is 30.9 Å². The van der Waals surface area contributed by atoms with E-state index in [4.69, 9.17) is 4.74 Å². The Morgan fingerprint density at radius 2 is 1.97 bits per heavy atom. The van der Waals surface area contributed by atoms with Crippen LogP contribution < -0.4 is 10.2 Å². The second-order valence-electron chi connectivity index (χ2n) is 7.31. The Morgan fingerprint density at radius 1 is 1.13 bits per heavy atom. The van der Waals surface area contributed by atoms with Crippen molar-refractivity contribution in [1.82, 2.24) is 9.88 Å². The van der Waals surface area contributed by atoms with Crippen molar-refractivity contribution in [3.63, 3.8) is 0 Å². The lowest BCUT2D eigenvalue weighted by Gasteiger charge is -2.22. The Balaban J connectivity index is 1.47. The van der Waals surface area contributed by atoms with Crippen LogP contribution in [0, 0.1) is 0 Å². The molecule has 166 valence electrons. The standard InChI is InChI=1S/C23H30N4O3S/c1-3-30-23(29)18-9-10-21(24-17-18)27-13-6-12-26(15-16-27)14-11-22(28)25-19-7-4-5-8-20(19)31-2/h4-5,7-10,17H,3,6,11-16H2,1-2H3,(H,25,28). The summed E-state index contributed by atoms with van der Waals surface area (Å²) in [4.78, 5) is 34.3. The molecule has 1 aromatic carbocycles. The van der Waals surface area contributed by atoms with Gasteiger partial charge in [-0.05, 0) is 50.4 Å². The van der Waals surface area contributed by atoms with Crippen LogP contribution in [0.1, 0.15) is 30.1 Å². The molecule has 1 saturated heterocycles. The van der Waals surface area contributed by atoms with Crippen molar-refractivity contribution in [2.75, 3.05) is 55.8 Å². The first kappa shape index (κ1) is 23.1. The Morgan fingerprint density at radius 3 is 2.71 bits per heavy atom. The van der Waals surface area contributed by atoms with Crippen LogP contribution in [-0.4, -0.2) is 67.3 Å². The van der Waals surface area contributed by atoms with Gasteiger partial charge in [-0.15, -0.1) is 11.8 Å². The number of aromatic nitrogens is 1. The summed E-state index contributed by atoms with van der Waals surface area (Å²) in [6.45, 7) is 6.43. The highest BCUT2D eigenvalue weighted by Crippen LogP contribution is 2.24. The molecule has 31 heavy (non-hydrogen) atoms. The Kier molecular flexibility index (Phi) is 8.73. The second-order valence-corrected chi connectivity index (χ2v) is 8.15. The van der Waals surface area contributed by atoms with Gasteiger partial charge in [-0.1, -0.05) is 12.1 Å². The maximum atomic E-state index is 12.4. The van der Waals surface area contributed by atoms with Gasteiger partial charge in [-0.25, -0.2) is 9.78 Å². The van der Waals surface area contributed by atoms with Crippen LogP contribution in [0.5, 0.6) is 0 Å². The fraction of sp³-hybridized carbons (Fsp3) is 0.435. The summed E-state index contributed by atoms with van der Waals surface area (Å²) >= 11 is 1.63. The molecule has 0 unspecified atom stereocenters. The van der Waals surface area contributed by atoms with Crippen LogP contribution in [0.15, 0.2) is 47.5 Å². The smallest absolute Gasteiger partial charge is 0.339 e. The molecule has 0 radical (unpaired) electrons. The number of carbonyl (C=O) groups excluding carboxylic acids is 2. The van der Waals surface area contributed by atoms with Crippen molar-refractivity contribution >= 4 is 35.1 Å². The summed E-state index contributed by atoms with van der Waals surface area (Å²) in [6, 6.07) is 11.5. The molecule has 1 aromatic heterocycles. The number of thioether (sulfide) groups is 1. The predicted molar refractivity (Wildman–Crippen MR) is 125 cm³/mol. The van der Waals surface area contributed by atoms with Gasteiger partial charge in [-0.2, -0.15) is 0 Å². The van der Waals surface area contributed by atoms with E-state index in [0.717, 1.165) is 55.5 Å². The fourth-order valence-corrected chi connectivity index (χ4v) is 4.11. The van der Waals surface area contributed by atoms with Gasteiger partial charge in [0, 0.05) is 43.7 Å². The number of hydrogen-bond donors (Lipinski definition) is 1. The summed E-state index contributed by atoms with van der Waals surface area (Å²) in [6.07, 6.45) is 5.05. The lowest BCUT2D eigenvalue weighted by Crippen LogP contribution is -2.33. The van der Waals surface area contributed by atoms with E-state index in [9.17, 15) is 9.59 Å². The molecular formula is C23H30N4O3S. The number of ether oxygens (including phenoxy) is 1. The van der Waals surface area contributed by atoms with Crippen LogP contribution in [0.4, 0.5) is 11.5 Å². The third-order valence-electron chi connectivity index (χ3n) is 5.21. The third kappa shape index (κ3) is 6.70. The predicted octanol–water partition coefficient (Wildman–Crippen LogP) is 3.52. The average Bonchev–Trinajstić information content (AvgIpc) is 3.04. The van der Waals surface area contributed by atoms with E-state index in [2.05, 4.69) is 20.1 Å². The molecule has 1 amide bonds. The quantitative estimate of drug-likeness (QED) is 0.495. The largest absolute Gasteiger partial charge is 0.462 e. The Labute approximate surface area is 188 Å². The third-order valence-corrected chi connectivity index (χ3v) is 6.00. The molecule has 3 rings (SSSR count). The molecule has 0 spiro atoms. The highest BCUT2D eigenvalue weighted by molar-refractivity contribution is 7.98. The number of benzene rings is 1. The van der Waals surface area contributed by atoms with Gasteiger partial charge in [-0.3, -0.25) is 4.79 Å². The van der Waals surface area contributed by atoms with Crippen molar-refractivity contribution in [3.8, 4) is 0 Å². The summed E-state index contributed by atoms with van der Waals surface area (Å²) in [5.74, 6) is 0.558. The van der Waals surface area contributed by atoms with Gasteiger partial charge in [0.05, 0.1) is 17.9 Å². The number of amides is 1. The highest BCUT2D eigenvalue weighted by atomic mass is 32.2. The molecule has 0 saturated carbocycles. The van der Waals surface area contributed by atoms with Crippen molar-refractivity contribution < 1.29 is 14.3 Å². The summed E-state index contributed by atoms with van der Waals surface area (Å²) in [7, 11) is 0. The molecule has 1 aliphatic rings. The normalized spacial score (nSPS) is 14.7. The number of rotatable bonds is 8. The van der Waals surface area contributed by atoms with Crippen molar-refractivity contribution in [2.45, 2.75) is 24.7 Å². The highest BCUT2D eigenvalue weighted by Gasteiger charge is 2.18. The van der Waals surface area contributed by atoms with Crippen LogP contribution in [-0.2, 0) is 9.53 Å². The zero-order valence-electron chi connectivity index (χ0n) is 18.2. The van der Waals surface area contributed by atoms with Crippen LogP contribution >= 0.6 is 11.8 Å². The minimum atomic E-state index is -0.345. The van der Waals surface area contributed by atoms with Gasteiger partial charge in [0.1, 0.15) is 5.82 Å². The molecule has 8 heteroatoms. The fourth-order valence-electron chi connectivity index (χ4n) is 3.55. The number of anilines is 2. The molecule has 0 bridgehead atoms. The van der Waals surface area contributed by atoms with E-state index in [1.807, 2.05) is 36.6 Å². The van der Waals surface area contributed by atoms with Gasteiger partial charge >= 0.3 is 5.97 Å². The molecule has 1 fully saturated rings. The van der Waals surface area contributed by atoms with Crippen LogP contribution in [0.2, 0.25) is 0 Å². The van der Waals surface area contributed by atoms with Crippen LogP contribution in [0.3, 0.4) is 0 Å². The summed E-state index contributed by atoms with van der Waals surface area (Å²) in [5, 5.41) is 3.03. The van der Waals surface area contributed by atoms with Gasteiger partial charge in [0.2, 0.25) is 5.91 Å². The van der Waals surface area contributed by atoms with E-state index in [0.29, 0.717) is 18.6 Å². The molecule has 0 aliphatic carbocycles. The zero-order chi connectivity index (χ0) is 22.1. The maximum Gasteiger partial charge on any atom is 0.339 e. The number of nitrogens with one attached hydrogen (secondary N) is 1. The molecule has 1 aliphatic heterocycles. The number of hydrogen-bond acceptors (Lipinski definition) is 7. The number of para-hydroxylation sites is 1.